The van der Waals surface area contributed by atoms with Crippen LogP contribution in [0.15, 0.2) is 24.3 Å². The molecule has 0 atom stereocenters. The highest BCUT2D eigenvalue weighted by molar-refractivity contribution is 7.18. The molecule has 96 valence electrons. The van der Waals surface area contributed by atoms with Crippen molar-refractivity contribution in [3.05, 3.63) is 24.3 Å². The first kappa shape index (κ1) is 12.8. The Hall–Kier alpha value is -1.62. The van der Waals surface area contributed by atoms with E-state index in [0.29, 0.717) is 5.13 Å². The van der Waals surface area contributed by atoms with Crippen LogP contribution in [0.2, 0.25) is 0 Å². The maximum Gasteiger partial charge on any atom is 0.203 e. The fourth-order valence-electron chi connectivity index (χ4n) is 1.59. The predicted molar refractivity (Wildman–Crippen MR) is 77.7 cm³/mol. The van der Waals surface area contributed by atoms with Gasteiger partial charge in [0, 0.05) is 17.8 Å². The number of aromatic nitrogens is 2. The van der Waals surface area contributed by atoms with E-state index in [0.717, 1.165) is 28.7 Å². The van der Waals surface area contributed by atoms with Gasteiger partial charge in [0.1, 0.15) is 5.01 Å². The molecule has 3 N–H and O–H groups in total. The van der Waals surface area contributed by atoms with Crippen LogP contribution in [0, 0.1) is 5.92 Å². The Morgan fingerprint density at radius 3 is 2.50 bits per heavy atom. The summed E-state index contributed by atoms with van der Waals surface area (Å²) in [5, 5.41) is 12.6. The van der Waals surface area contributed by atoms with Crippen molar-refractivity contribution in [2.45, 2.75) is 20.3 Å². The molecule has 2 rings (SSSR count). The van der Waals surface area contributed by atoms with Crippen LogP contribution in [0.1, 0.15) is 20.3 Å². The zero-order valence-electron chi connectivity index (χ0n) is 10.7. The van der Waals surface area contributed by atoms with E-state index in [1.54, 1.807) is 0 Å². The van der Waals surface area contributed by atoms with Crippen molar-refractivity contribution >= 4 is 22.2 Å². The highest BCUT2D eigenvalue weighted by atomic mass is 32.1. The van der Waals surface area contributed by atoms with Gasteiger partial charge >= 0.3 is 0 Å². The number of rotatable bonds is 5. The summed E-state index contributed by atoms with van der Waals surface area (Å²) in [5.74, 6) is 0.723. The van der Waals surface area contributed by atoms with E-state index in [1.165, 1.54) is 17.8 Å². The summed E-state index contributed by atoms with van der Waals surface area (Å²) < 4.78 is 0. The van der Waals surface area contributed by atoms with E-state index in [2.05, 4.69) is 41.5 Å². The van der Waals surface area contributed by atoms with Gasteiger partial charge in [0.05, 0.1) is 0 Å². The van der Waals surface area contributed by atoms with Crippen LogP contribution in [-0.2, 0) is 0 Å². The molecule has 0 unspecified atom stereocenters. The fourth-order valence-corrected chi connectivity index (χ4v) is 2.20. The maximum atomic E-state index is 5.57. The minimum Gasteiger partial charge on any atom is -0.385 e. The van der Waals surface area contributed by atoms with Crippen molar-refractivity contribution in [1.29, 1.82) is 0 Å². The van der Waals surface area contributed by atoms with E-state index < -0.39 is 0 Å². The average molecular weight is 262 g/mol. The number of nitrogens with one attached hydrogen (secondary N) is 1. The first-order valence-electron chi connectivity index (χ1n) is 6.08. The van der Waals surface area contributed by atoms with E-state index in [1.807, 2.05) is 12.1 Å². The number of nitrogens with zero attached hydrogens (tertiary/aromatic N) is 2. The standard InChI is InChI=1S/C13H18N4S/c1-9(2)7-8-15-11-5-3-10(4-6-11)12-16-17-13(14)18-12/h3-6,9,15H,7-8H2,1-2H3,(H2,14,17). The molecule has 5 heteroatoms. The van der Waals surface area contributed by atoms with Crippen molar-refractivity contribution in [2.75, 3.05) is 17.6 Å². The number of benzene rings is 1. The van der Waals surface area contributed by atoms with E-state index in [-0.39, 0.29) is 0 Å². The Morgan fingerprint density at radius 1 is 1.22 bits per heavy atom. The Morgan fingerprint density at radius 2 is 1.94 bits per heavy atom. The summed E-state index contributed by atoms with van der Waals surface area (Å²) in [6.45, 7) is 5.46. The molecule has 0 saturated heterocycles. The molecule has 4 nitrogen and oxygen atoms in total. The summed E-state index contributed by atoms with van der Waals surface area (Å²) >= 11 is 1.40. The molecule has 0 radical (unpaired) electrons. The lowest BCUT2D eigenvalue weighted by Crippen LogP contribution is -2.04. The Kier molecular flexibility index (Phi) is 4.15. The van der Waals surface area contributed by atoms with E-state index in [9.17, 15) is 0 Å². The van der Waals surface area contributed by atoms with Gasteiger partial charge < -0.3 is 11.1 Å². The van der Waals surface area contributed by atoms with Gasteiger partial charge in [-0.15, -0.1) is 10.2 Å². The Balaban J connectivity index is 1.97. The molecule has 1 heterocycles. The lowest BCUT2D eigenvalue weighted by atomic mass is 10.1. The zero-order valence-corrected chi connectivity index (χ0v) is 11.5. The van der Waals surface area contributed by atoms with Crippen LogP contribution in [0.5, 0.6) is 0 Å². The first-order valence-corrected chi connectivity index (χ1v) is 6.90. The zero-order chi connectivity index (χ0) is 13.0. The molecule has 18 heavy (non-hydrogen) atoms. The minimum atomic E-state index is 0.504. The third-order valence-electron chi connectivity index (χ3n) is 2.62. The lowest BCUT2D eigenvalue weighted by Gasteiger charge is -2.08. The van der Waals surface area contributed by atoms with Gasteiger partial charge in [0.25, 0.3) is 0 Å². The Bertz CT molecular complexity index is 490. The molecule has 0 saturated carbocycles. The summed E-state index contributed by atoms with van der Waals surface area (Å²) in [6, 6.07) is 8.20. The molecule has 0 amide bonds. The highest BCUT2D eigenvalue weighted by Crippen LogP contribution is 2.25. The summed E-state index contributed by atoms with van der Waals surface area (Å²) in [7, 11) is 0. The largest absolute Gasteiger partial charge is 0.385 e. The summed E-state index contributed by atoms with van der Waals surface area (Å²) in [6.07, 6.45) is 1.18. The monoisotopic (exact) mass is 262 g/mol. The molecule has 0 aliphatic heterocycles. The second-order valence-electron chi connectivity index (χ2n) is 4.63. The molecule has 1 aromatic carbocycles. The van der Waals surface area contributed by atoms with Gasteiger partial charge in [-0.05, 0) is 36.6 Å². The van der Waals surface area contributed by atoms with Crippen LogP contribution >= 0.6 is 11.3 Å². The van der Waals surface area contributed by atoms with Crippen molar-refractivity contribution in [3.8, 4) is 10.6 Å². The van der Waals surface area contributed by atoms with Crippen LogP contribution in [0.25, 0.3) is 10.6 Å². The third kappa shape index (κ3) is 3.43. The van der Waals surface area contributed by atoms with Gasteiger partial charge in [-0.2, -0.15) is 0 Å². The second kappa shape index (κ2) is 5.82. The molecular weight excluding hydrogens is 244 g/mol. The van der Waals surface area contributed by atoms with Gasteiger partial charge in [-0.25, -0.2) is 0 Å². The van der Waals surface area contributed by atoms with Gasteiger partial charge in [-0.1, -0.05) is 25.2 Å². The molecule has 0 aliphatic rings. The van der Waals surface area contributed by atoms with Gasteiger partial charge in [0.15, 0.2) is 0 Å². The average Bonchev–Trinajstić information content (AvgIpc) is 2.76. The van der Waals surface area contributed by atoms with Crippen LogP contribution < -0.4 is 11.1 Å². The minimum absolute atomic E-state index is 0.504. The highest BCUT2D eigenvalue weighted by Gasteiger charge is 2.04. The van der Waals surface area contributed by atoms with Crippen molar-refractivity contribution in [1.82, 2.24) is 10.2 Å². The molecule has 0 aliphatic carbocycles. The number of nitrogens with two attached hydrogens (primary N) is 1. The van der Waals surface area contributed by atoms with Gasteiger partial charge in [0.2, 0.25) is 5.13 Å². The normalized spacial score (nSPS) is 10.8. The number of nitrogen functional groups attached to an aromatic ring is 1. The SMILES string of the molecule is CC(C)CCNc1ccc(-c2nnc(N)s2)cc1. The molecule has 2 aromatic rings. The number of hydrogen-bond donors (Lipinski definition) is 2. The van der Waals surface area contributed by atoms with Crippen molar-refractivity contribution in [2.24, 2.45) is 5.92 Å². The second-order valence-corrected chi connectivity index (χ2v) is 5.64. The molecule has 0 fully saturated rings. The maximum absolute atomic E-state index is 5.57. The smallest absolute Gasteiger partial charge is 0.203 e. The van der Waals surface area contributed by atoms with Crippen LogP contribution in [0.3, 0.4) is 0 Å². The molecular formula is C13H18N4S. The lowest BCUT2D eigenvalue weighted by molar-refractivity contribution is 0.607. The van der Waals surface area contributed by atoms with Crippen molar-refractivity contribution < 1.29 is 0 Å². The molecule has 0 spiro atoms. The summed E-state index contributed by atoms with van der Waals surface area (Å²) in [5.41, 5.74) is 7.76. The van der Waals surface area contributed by atoms with Crippen molar-refractivity contribution in [3.63, 3.8) is 0 Å². The molecule has 0 bridgehead atoms. The van der Waals surface area contributed by atoms with Gasteiger partial charge in [-0.3, -0.25) is 0 Å². The number of hydrogen-bond acceptors (Lipinski definition) is 5. The fraction of sp³-hybridized carbons (Fsp3) is 0.385. The third-order valence-corrected chi connectivity index (χ3v) is 3.42. The number of anilines is 2. The van der Waals surface area contributed by atoms with E-state index in [4.69, 9.17) is 5.73 Å². The topological polar surface area (TPSA) is 63.8 Å². The quantitative estimate of drug-likeness (QED) is 0.868. The van der Waals surface area contributed by atoms with E-state index >= 15 is 0 Å². The summed E-state index contributed by atoms with van der Waals surface area (Å²) in [4.78, 5) is 0. The first-order chi connectivity index (χ1) is 8.65. The Labute approximate surface area is 111 Å². The van der Waals surface area contributed by atoms with Crippen LogP contribution in [-0.4, -0.2) is 16.7 Å². The predicted octanol–water partition coefficient (Wildman–Crippen LogP) is 3.25. The van der Waals surface area contributed by atoms with Crippen LogP contribution in [0.4, 0.5) is 10.8 Å². The molecule has 1 aromatic heterocycles.